The first kappa shape index (κ1) is 22.3. The minimum Gasteiger partial charge on any atom is -0.358 e. The third kappa shape index (κ3) is 4.77. The van der Waals surface area contributed by atoms with E-state index in [1.165, 1.54) is 0 Å². The lowest BCUT2D eigenvalue weighted by atomic mass is 9.99. The van der Waals surface area contributed by atoms with Gasteiger partial charge in [-0.25, -0.2) is 4.98 Å². The molecule has 0 saturated carbocycles. The van der Waals surface area contributed by atoms with Crippen LogP contribution in [0.5, 0.6) is 0 Å². The minimum atomic E-state index is -0.234. The van der Waals surface area contributed by atoms with Crippen LogP contribution in [-0.2, 0) is 0 Å². The van der Waals surface area contributed by atoms with Gasteiger partial charge in [0.05, 0.1) is 11.7 Å². The Balaban J connectivity index is 1.55. The van der Waals surface area contributed by atoms with E-state index in [-0.39, 0.29) is 11.9 Å². The Kier molecular flexibility index (Phi) is 6.02. The number of aryl methyl sites for hydroxylation is 3. The van der Waals surface area contributed by atoms with E-state index in [0.717, 1.165) is 50.6 Å². The molecule has 5 rings (SSSR count). The number of aromatic nitrogens is 3. The molecule has 3 N–H and O–H groups in total. The molecule has 1 amide bonds. The molecule has 6 heteroatoms. The molecule has 3 aromatic heterocycles. The first-order valence-corrected chi connectivity index (χ1v) is 11.6. The zero-order chi connectivity index (χ0) is 24.4. The van der Waals surface area contributed by atoms with Crippen molar-refractivity contribution in [1.29, 1.82) is 0 Å². The predicted molar refractivity (Wildman–Crippen MR) is 141 cm³/mol. The van der Waals surface area contributed by atoms with Gasteiger partial charge in [-0.2, -0.15) is 0 Å². The van der Waals surface area contributed by atoms with Gasteiger partial charge in [-0.05, 0) is 75.4 Å². The number of benzene rings is 2. The number of rotatable bonds is 6. The summed E-state index contributed by atoms with van der Waals surface area (Å²) >= 11 is 0. The normalized spacial score (nSPS) is 11.9. The van der Waals surface area contributed by atoms with E-state index in [0.29, 0.717) is 5.56 Å². The molecule has 0 aliphatic carbocycles. The number of anilines is 2. The molecule has 6 nitrogen and oxygen atoms in total. The Morgan fingerprint density at radius 2 is 1.74 bits per heavy atom. The van der Waals surface area contributed by atoms with Gasteiger partial charge in [0.1, 0.15) is 5.82 Å². The molecule has 3 heterocycles. The lowest BCUT2D eigenvalue weighted by Gasteiger charge is -2.20. The number of nitrogens with zero attached hydrogens (tertiary/aromatic N) is 2. The standard InChI is InChI=1S/C29H27N5O/c1-18-10-12-21(13-11-18)29(35)33-22-14-15-24-23(17-22)27(20(3)32-24)28(25-8-4-5-16-30-25)34-26-9-6-7-19(2)31-26/h4-17,28,32H,1-3H3,(H,31,34)(H,33,35)/t28-/m1/s1. The maximum absolute atomic E-state index is 12.8. The molecule has 5 aromatic rings. The van der Waals surface area contributed by atoms with Crippen LogP contribution in [0.15, 0.2) is 85.1 Å². The molecule has 2 aromatic carbocycles. The van der Waals surface area contributed by atoms with Crippen molar-refractivity contribution < 1.29 is 4.79 Å². The van der Waals surface area contributed by atoms with Gasteiger partial charge >= 0.3 is 0 Å². The zero-order valence-electron chi connectivity index (χ0n) is 20.0. The van der Waals surface area contributed by atoms with Gasteiger partial charge in [0, 0.05) is 45.3 Å². The first-order chi connectivity index (χ1) is 17.0. The molecular formula is C29H27N5O. The van der Waals surface area contributed by atoms with Crippen LogP contribution in [0.1, 0.15) is 44.6 Å². The summed E-state index contributed by atoms with van der Waals surface area (Å²) in [5.41, 5.74) is 7.38. The van der Waals surface area contributed by atoms with Crippen molar-refractivity contribution in [1.82, 2.24) is 15.0 Å². The second-order valence-electron chi connectivity index (χ2n) is 8.74. The molecule has 0 unspecified atom stereocenters. The van der Waals surface area contributed by atoms with Crippen molar-refractivity contribution in [2.45, 2.75) is 26.8 Å². The van der Waals surface area contributed by atoms with Crippen LogP contribution in [0.3, 0.4) is 0 Å². The van der Waals surface area contributed by atoms with Crippen LogP contribution in [0.2, 0.25) is 0 Å². The summed E-state index contributed by atoms with van der Waals surface area (Å²) in [7, 11) is 0. The van der Waals surface area contributed by atoms with E-state index >= 15 is 0 Å². The summed E-state index contributed by atoms with van der Waals surface area (Å²) in [6, 6.07) is 25.1. The number of pyridine rings is 2. The molecule has 1 atom stereocenters. The van der Waals surface area contributed by atoms with E-state index in [2.05, 4.69) is 32.5 Å². The molecule has 0 aliphatic rings. The highest BCUT2D eigenvalue weighted by Crippen LogP contribution is 2.35. The van der Waals surface area contributed by atoms with Gasteiger partial charge in [0.25, 0.3) is 5.91 Å². The second kappa shape index (κ2) is 9.43. The molecule has 0 saturated heterocycles. The molecule has 0 radical (unpaired) electrons. The van der Waals surface area contributed by atoms with Gasteiger partial charge < -0.3 is 15.6 Å². The SMILES string of the molecule is Cc1ccc(C(=O)Nc2ccc3[nH]c(C)c([C@H](Nc4cccc(C)n4)c4ccccn4)c3c2)cc1. The fourth-order valence-corrected chi connectivity index (χ4v) is 4.32. The summed E-state index contributed by atoms with van der Waals surface area (Å²) in [6.07, 6.45) is 1.80. The van der Waals surface area contributed by atoms with Crippen molar-refractivity contribution in [2.24, 2.45) is 0 Å². The number of carbonyl (C=O) groups excluding carboxylic acids is 1. The lowest BCUT2D eigenvalue weighted by molar-refractivity contribution is 0.102. The average molecular weight is 462 g/mol. The van der Waals surface area contributed by atoms with Gasteiger partial charge in [-0.3, -0.25) is 9.78 Å². The third-order valence-corrected chi connectivity index (χ3v) is 6.06. The van der Waals surface area contributed by atoms with Gasteiger partial charge in [-0.15, -0.1) is 0 Å². The molecule has 174 valence electrons. The highest BCUT2D eigenvalue weighted by Gasteiger charge is 2.23. The van der Waals surface area contributed by atoms with E-state index in [1.807, 2.05) is 92.7 Å². The quantitative estimate of drug-likeness (QED) is 0.276. The summed E-state index contributed by atoms with van der Waals surface area (Å²) in [5, 5.41) is 7.64. The number of fused-ring (bicyclic) bond motifs is 1. The maximum Gasteiger partial charge on any atom is 0.255 e. The van der Waals surface area contributed by atoms with Crippen molar-refractivity contribution in [3.8, 4) is 0 Å². The van der Waals surface area contributed by atoms with Crippen molar-refractivity contribution >= 4 is 28.3 Å². The van der Waals surface area contributed by atoms with E-state index in [1.54, 1.807) is 6.20 Å². The topological polar surface area (TPSA) is 82.7 Å². The van der Waals surface area contributed by atoms with E-state index < -0.39 is 0 Å². The fourth-order valence-electron chi connectivity index (χ4n) is 4.32. The Labute approximate surface area is 204 Å². The van der Waals surface area contributed by atoms with Crippen LogP contribution in [-0.4, -0.2) is 20.9 Å². The van der Waals surface area contributed by atoms with E-state index in [9.17, 15) is 4.79 Å². The Bertz CT molecular complexity index is 1490. The molecule has 35 heavy (non-hydrogen) atoms. The minimum absolute atomic E-state index is 0.137. The van der Waals surface area contributed by atoms with Crippen molar-refractivity contribution in [3.63, 3.8) is 0 Å². The van der Waals surface area contributed by atoms with Gasteiger partial charge in [0.2, 0.25) is 0 Å². The number of H-pyrrole nitrogens is 1. The van der Waals surface area contributed by atoms with Crippen LogP contribution >= 0.6 is 0 Å². The molecule has 0 bridgehead atoms. The Hall–Kier alpha value is -4.45. The molecular weight excluding hydrogens is 434 g/mol. The highest BCUT2D eigenvalue weighted by atomic mass is 16.1. The smallest absolute Gasteiger partial charge is 0.255 e. The largest absolute Gasteiger partial charge is 0.358 e. The van der Waals surface area contributed by atoms with Crippen molar-refractivity contribution in [3.05, 3.63) is 119 Å². The monoisotopic (exact) mass is 461 g/mol. The third-order valence-electron chi connectivity index (χ3n) is 6.06. The first-order valence-electron chi connectivity index (χ1n) is 11.6. The van der Waals surface area contributed by atoms with Crippen LogP contribution in [0.25, 0.3) is 10.9 Å². The van der Waals surface area contributed by atoms with Gasteiger partial charge in [-0.1, -0.05) is 29.8 Å². The van der Waals surface area contributed by atoms with Crippen LogP contribution < -0.4 is 10.6 Å². The molecule has 0 aliphatic heterocycles. The number of hydrogen-bond acceptors (Lipinski definition) is 4. The van der Waals surface area contributed by atoms with Gasteiger partial charge in [0.15, 0.2) is 0 Å². The summed E-state index contributed by atoms with van der Waals surface area (Å²) in [4.78, 5) is 25.6. The molecule has 0 spiro atoms. The summed E-state index contributed by atoms with van der Waals surface area (Å²) in [5.74, 6) is 0.639. The number of carbonyl (C=O) groups is 1. The fraction of sp³-hybridized carbons (Fsp3) is 0.138. The number of hydrogen-bond donors (Lipinski definition) is 3. The summed E-state index contributed by atoms with van der Waals surface area (Å²) in [6.45, 7) is 6.03. The zero-order valence-corrected chi connectivity index (χ0v) is 20.0. The van der Waals surface area contributed by atoms with Crippen molar-refractivity contribution in [2.75, 3.05) is 10.6 Å². The number of nitrogens with one attached hydrogen (secondary N) is 3. The number of amides is 1. The van der Waals surface area contributed by atoms with Crippen LogP contribution in [0, 0.1) is 20.8 Å². The summed E-state index contributed by atoms with van der Waals surface area (Å²) < 4.78 is 0. The number of aromatic amines is 1. The molecule has 0 fully saturated rings. The average Bonchev–Trinajstić information content (AvgIpc) is 3.18. The van der Waals surface area contributed by atoms with E-state index in [4.69, 9.17) is 0 Å². The Morgan fingerprint density at radius 1 is 0.914 bits per heavy atom. The lowest BCUT2D eigenvalue weighted by Crippen LogP contribution is -2.16. The predicted octanol–water partition coefficient (Wildman–Crippen LogP) is 6.34. The Morgan fingerprint density at radius 3 is 2.49 bits per heavy atom. The highest BCUT2D eigenvalue weighted by molar-refractivity contribution is 6.05. The van der Waals surface area contributed by atoms with Crippen LogP contribution in [0.4, 0.5) is 11.5 Å². The second-order valence-corrected chi connectivity index (χ2v) is 8.74. The maximum atomic E-state index is 12.8.